The van der Waals surface area contributed by atoms with Crippen LogP contribution in [0, 0.1) is 6.92 Å². The fourth-order valence-electron chi connectivity index (χ4n) is 1.85. The Labute approximate surface area is 101 Å². The number of aromatic nitrogens is 4. The van der Waals surface area contributed by atoms with Gasteiger partial charge in [0, 0.05) is 18.8 Å². The van der Waals surface area contributed by atoms with Gasteiger partial charge in [0.1, 0.15) is 0 Å². The predicted molar refractivity (Wildman–Crippen MR) is 64.5 cm³/mol. The van der Waals surface area contributed by atoms with Gasteiger partial charge in [-0.05, 0) is 19.4 Å². The third-order valence-corrected chi connectivity index (χ3v) is 2.85. The first-order valence-electron chi connectivity index (χ1n) is 5.80. The van der Waals surface area contributed by atoms with Crippen LogP contribution in [0.15, 0.2) is 18.5 Å². The van der Waals surface area contributed by atoms with E-state index in [1.54, 1.807) is 6.20 Å². The number of aryl methyl sites for hydroxylation is 2. The first-order valence-corrected chi connectivity index (χ1v) is 5.80. The monoisotopic (exact) mass is 234 g/mol. The van der Waals surface area contributed by atoms with E-state index in [-0.39, 0.29) is 0 Å². The topological polar surface area (TPSA) is 55.9 Å². The fourth-order valence-corrected chi connectivity index (χ4v) is 1.85. The molecular formula is C12H18N4O. The Morgan fingerprint density at radius 2 is 2.24 bits per heavy atom. The minimum Gasteiger partial charge on any atom is -0.388 e. The highest BCUT2D eigenvalue weighted by Gasteiger charge is 2.09. The molecule has 0 amide bonds. The van der Waals surface area contributed by atoms with Gasteiger partial charge in [0.2, 0.25) is 0 Å². The smallest absolute Gasteiger partial charge is 0.0828 e. The lowest BCUT2D eigenvalue weighted by atomic mass is 10.2. The van der Waals surface area contributed by atoms with Gasteiger partial charge in [-0.15, -0.1) is 0 Å². The number of hydrogen-bond acceptors (Lipinski definition) is 3. The highest BCUT2D eigenvalue weighted by molar-refractivity contribution is 5.12. The van der Waals surface area contributed by atoms with Crippen LogP contribution >= 0.6 is 0 Å². The Bertz CT molecular complexity index is 500. The zero-order valence-electron chi connectivity index (χ0n) is 10.5. The molecule has 0 saturated heterocycles. The molecule has 5 heteroatoms. The number of nitrogens with zero attached hydrogens (tertiary/aromatic N) is 4. The van der Waals surface area contributed by atoms with Crippen molar-refractivity contribution in [3.05, 3.63) is 35.4 Å². The fraction of sp³-hybridized carbons (Fsp3) is 0.500. The summed E-state index contributed by atoms with van der Waals surface area (Å²) in [6, 6.07) is 2.04. The first-order chi connectivity index (χ1) is 8.10. The third kappa shape index (κ3) is 2.55. The van der Waals surface area contributed by atoms with Crippen molar-refractivity contribution in [2.45, 2.75) is 32.9 Å². The molecule has 0 spiro atoms. The highest BCUT2D eigenvalue weighted by Crippen LogP contribution is 2.15. The Balaban J connectivity index is 2.14. The molecule has 2 heterocycles. The van der Waals surface area contributed by atoms with Crippen LogP contribution in [0.25, 0.3) is 0 Å². The maximum atomic E-state index is 9.70. The van der Waals surface area contributed by atoms with Crippen molar-refractivity contribution in [2.75, 3.05) is 0 Å². The summed E-state index contributed by atoms with van der Waals surface area (Å²) in [6.45, 7) is 4.60. The lowest BCUT2D eigenvalue weighted by Crippen LogP contribution is -2.05. The maximum Gasteiger partial charge on any atom is 0.0828 e. The minimum absolute atomic E-state index is 0.419. The van der Waals surface area contributed by atoms with Crippen LogP contribution in [0.3, 0.4) is 0 Å². The largest absolute Gasteiger partial charge is 0.388 e. The summed E-state index contributed by atoms with van der Waals surface area (Å²) in [5.41, 5.74) is 2.97. The Kier molecular flexibility index (Phi) is 3.28. The van der Waals surface area contributed by atoms with Crippen molar-refractivity contribution >= 4 is 0 Å². The third-order valence-electron chi connectivity index (χ3n) is 2.85. The highest BCUT2D eigenvalue weighted by atomic mass is 16.3. The SMILES string of the molecule is CCC(O)c1cnn(Cc2cc(C)nn2C)c1. The van der Waals surface area contributed by atoms with Crippen LogP contribution in [0.1, 0.15) is 36.4 Å². The molecule has 2 rings (SSSR count). The molecule has 5 nitrogen and oxygen atoms in total. The van der Waals surface area contributed by atoms with Gasteiger partial charge in [0.15, 0.2) is 0 Å². The lowest BCUT2D eigenvalue weighted by Gasteiger charge is -2.03. The van der Waals surface area contributed by atoms with Crippen LogP contribution < -0.4 is 0 Å². The van der Waals surface area contributed by atoms with Gasteiger partial charge >= 0.3 is 0 Å². The van der Waals surface area contributed by atoms with E-state index in [4.69, 9.17) is 0 Å². The molecule has 0 aromatic carbocycles. The van der Waals surface area contributed by atoms with E-state index in [0.29, 0.717) is 13.0 Å². The number of hydrogen-bond donors (Lipinski definition) is 1. The molecule has 0 aliphatic heterocycles. The Hall–Kier alpha value is -1.62. The van der Waals surface area contributed by atoms with E-state index in [9.17, 15) is 5.11 Å². The summed E-state index contributed by atoms with van der Waals surface area (Å²) in [7, 11) is 1.92. The van der Waals surface area contributed by atoms with Gasteiger partial charge in [-0.25, -0.2) is 0 Å². The van der Waals surface area contributed by atoms with Crippen LogP contribution in [0.2, 0.25) is 0 Å². The molecule has 0 fully saturated rings. The van der Waals surface area contributed by atoms with Crippen molar-refractivity contribution in [3.63, 3.8) is 0 Å². The average Bonchev–Trinajstić information content (AvgIpc) is 2.86. The number of rotatable bonds is 4. The molecule has 17 heavy (non-hydrogen) atoms. The van der Waals surface area contributed by atoms with Crippen molar-refractivity contribution in [3.8, 4) is 0 Å². The van der Waals surface area contributed by atoms with E-state index >= 15 is 0 Å². The molecule has 2 aromatic heterocycles. The van der Waals surface area contributed by atoms with Crippen LogP contribution in [0.5, 0.6) is 0 Å². The van der Waals surface area contributed by atoms with Crippen molar-refractivity contribution in [1.29, 1.82) is 0 Å². The second-order valence-corrected chi connectivity index (χ2v) is 4.30. The molecule has 92 valence electrons. The summed E-state index contributed by atoms with van der Waals surface area (Å²) < 4.78 is 3.68. The molecule has 0 radical (unpaired) electrons. The molecule has 0 bridgehead atoms. The van der Waals surface area contributed by atoms with Gasteiger partial charge in [0.25, 0.3) is 0 Å². The summed E-state index contributed by atoms with van der Waals surface area (Å²) >= 11 is 0. The summed E-state index contributed by atoms with van der Waals surface area (Å²) in [6.07, 6.45) is 3.89. The molecule has 0 aliphatic carbocycles. The summed E-state index contributed by atoms with van der Waals surface area (Å²) in [4.78, 5) is 0. The molecule has 0 saturated carbocycles. The minimum atomic E-state index is -0.419. The normalized spacial score (nSPS) is 12.9. The van der Waals surface area contributed by atoms with E-state index in [1.165, 1.54) is 0 Å². The second-order valence-electron chi connectivity index (χ2n) is 4.30. The second kappa shape index (κ2) is 4.71. The average molecular weight is 234 g/mol. The number of aliphatic hydroxyl groups excluding tert-OH is 1. The van der Waals surface area contributed by atoms with Crippen molar-refractivity contribution < 1.29 is 5.11 Å². The van der Waals surface area contributed by atoms with Crippen LogP contribution in [-0.4, -0.2) is 24.7 Å². The van der Waals surface area contributed by atoms with E-state index in [0.717, 1.165) is 17.0 Å². The first kappa shape index (κ1) is 11.9. The Morgan fingerprint density at radius 1 is 1.47 bits per heavy atom. The quantitative estimate of drug-likeness (QED) is 0.870. The zero-order valence-corrected chi connectivity index (χ0v) is 10.5. The number of aliphatic hydroxyl groups is 1. The zero-order chi connectivity index (χ0) is 12.4. The summed E-state index contributed by atoms with van der Waals surface area (Å²) in [5, 5.41) is 18.2. The molecule has 0 aliphatic rings. The van der Waals surface area contributed by atoms with Gasteiger partial charge in [-0.3, -0.25) is 9.36 Å². The van der Waals surface area contributed by atoms with Crippen molar-refractivity contribution in [1.82, 2.24) is 19.6 Å². The Morgan fingerprint density at radius 3 is 2.82 bits per heavy atom. The van der Waals surface area contributed by atoms with Crippen LogP contribution in [-0.2, 0) is 13.6 Å². The standard InChI is InChI=1S/C12H18N4O/c1-4-12(17)10-6-13-16(7-10)8-11-5-9(2)14-15(11)3/h5-7,12,17H,4,8H2,1-3H3. The van der Waals surface area contributed by atoms with Crippen LogP contribution in [0.4, 0.5) is 0 Å². The lowest BCUT2D eigenvalue weighted by molar-refractivity contribution is 0.173. The molecule has 2 aromatic rings. The molecular weight excluding hydrogens is 216 g/mol. The molecule has 1 atom stereocenters. The molecule has 1 N–H and O–H groups in total. The predicted octanol–water partition coefficient (Wildman–Crippen LogP) is 1.42. The van der Waals surface area contributed by atoms with Gasteiger partial charge < -0.3 is 5.11 Å². The summed E-state index contributed by atoms with van der Waals surface area (Å²) in [5.74, 6) is 0. The van der Waals surface area contributed by atoms with Gasteiger partial charge in [0.05, 0.1) is 30.2 Å². The van der Waals surface area contributed by atoms with Gasteiger partial charge in [-0.1, -0.05) is 6.92 Å². The molecule has 1 unspecified atom stereocenters. The van der Waals surface area contributed by atoms with E-state index < -0.39 is 6.10 Å². The van der Waals surface area contributed by atoms with Crippen molar-refractivity contribution in [2.24, 2.45) is 7.05 Å². The van der Waals surface area contributed by atoms with E-state index in [2.05, 4.69) is 10.2 Å². The van der Waals surface area contributed by atoms with E-state index in [1.807, 2.05) is 42.5 Å². The maximum absolute atomic E-state index is 9.70. The van der Waals surface area contributed by atoms with Gasteiger partial charge in [-0.2, -0.15) is 10.2 Å².